The average molecular weight is 180 g/mol. The number of carbonyl (C=O) groups excluding carboxylic acids is 2. The van der Waals surface area contributed by atoms with Gasteiger partial charge in [0.2, 0.25) is 5.91 Å². The zero-order valence-corrected chi connectivity index (χ0v) is 7.76. The van der Waals surface area contributed by atoms with E-state index in [4.69, 9.17) is 0 Å². The largest absolute Gasteiger partial charge is 0.322 e. The van der Waals surface area contributed by atoms with E-state index in [9.17, 15) is 9.59 Å². The molecule has 1 aliphatic rings. The first kappa shape index (κ1) is 9.64. The van der Waals surface area contributed by atoms with Gasteiger partial charge in [-0.05, 0) is 13.0 Å². The molecule has 0 saturated heterocycles. The first-order valence-corrected chi connectivity index (χ1v) is 4.22. The molecule has 1 aliphatic heterocycles. The van der Waals surface area contributed by atoms with Gasteiger partial charge in [-0.2, -0.15) is 0 Å². The lowest BCUT2D eigenvalue weighted by molar-refractivity contribution is -0.122. The second-order valence-electron chi connectivity index (χ2n) is 2.88. The molecule has 0 spiro atoms. The number of hydrogen-bond acceptors (Lipinski definition) is 2. The van der Waals surface area contributed by atoms with Crippen LogP contribution in [0.5, 0.6) is 0 Å². The van der Waals surface area contributed by atoms with Crippen LogP contribution in [0.2, 0.25) is 0 Å². The van der Waals surface area contributed by atoms with Crippen molar-refractivity contribution in [1.82, 2.24) is 5.32 Å². The number of hydrogen-bond donors (Lipinski definition) is 1. The molecule has 1 rings (SSSR count). The third kappa shape index (κ3) is 2.50. The van der Waals surface area contributed by atoms with Crippen LogP contribution >= 0.6 is 0 Å². The zero-order chi connectivity index (χ0) is 9.84. The van der Waals surface area contributed by atoms with Crippen molar-refractivity contribution in [2.75, 3.05) is 0 Å². The Morgan fingerprint density at radius 1 is 1.69 bits per heavy atom. The van der Waals surface area contributed by atoms with Crippen molar-refractivity contribution in [2.45, 2.75) is 26.7 Å². The predicted molar refractivity (Wildman–Crippen MR) is 49.2 cm³/mol. The molecule has 13 heavy (non-hydrogen) atoms. The Balaban J connectivity index is 2.63. The number of rotatable bonds is 2. The molecule has 0 aliphatic carbocycles. The number of allylic oxidation sites excluding steroid dienone is 1. The Bertz CT molecular complexity index is 303. The van der Waals surface area contributed by atoms with Crippen LogP contribution in [0.1, 0.15) is 26.7 Å². The van der Waals surface area contributed by atoms with E-state index in [1.807, 2.05) is 0 Å². The third-order valence-corrected chi connectivity index (χ3v) is 1.72. The highest BCUT2D eigenvalue weighted by Crippen LogP contribution is 2.05. The van der Waals surface area contributed by atoms with Gasteiger partial charge in [-0.1, -0.05) is 6.92 Å². The lowest BCUT2D eigenvalue weighted by Crippen LogP contribution is -2.27. The number of carbonyl (C=O) groups is 2. The summed E-state index contributed by atoms with van der Waals surface area (Å²) in [6.07, 6.45) is 2.69. The van der Waals surface area contributed by atoms with Crippen molar-refractivity contribution in [3.05, 3.63) is 11.8 Å². The molecule has 0 atom stereocenters. The normalized spacial score (nSPS) is 16.3. The summed E-state index contributed by atoms with van der Waals surface area (Å²) in [5, 5.41) is 2.50. The maximum Gasteiger partial charge on any atom is 0.293 e. The van der Waals surface area contributed by atoms with Crippen molar-refractivity contribution < 1.29 is 9.59 Å². The van der Waals surface area contributed by atoms with Gasteiger partial charge in [-0.25, -0.2) is 4.99 Å². The van der Waals surface area contributed by atoms with Gasteiger partial charge in [-0.3, -0.25) is 9.59 Å². The van der Waals surface area contributed by atoms with E-state index < -0.39 is 0 Å². The summed E-state index contributed by atoms with van der Waals surface area (Å²) in [7, 11) is 0. The predicted octanol–water partition coefficient (Wildman–Crippen LogP) is 0.788. The molecule has 2 amide bonds. The Labute approximate surface area is 76.7 Å². The van der Waals surface area contributed by atoms with Crippen molar-refractivity contribution in [3.63, 3.8) is 0 Å². The first-order valence-electron chi connectivity index (χ1n) is 4.22. The van der Waals surface area contributed by atoms with Gasteiger partial charge in [0.05, 0.1) is 0 Å². The molecular formula is C9H12N2O2. The van der Waals surface area contributed by atoms with Gasteiger partial charge in [-0.15, -0.1) is 0 Å². The summed E-state index contributed by atoms with van der Waals surface area (Å²) in [5.74, 6) is -0.514. The van der Waals surface area contributed by atoms with Crippen LogP contribution in [0.25, 0.3) is 0 Å². The molecule has 70 valence electrons. The zero-order valence-electron chi connectivity index (χ0n) is 7.76. The van der Waals surface area contributed by atoms with Crippen LogP contribution in [0.4, 0.5) is 0 Å². The summed E-state index contributed by atoms with van der Waals surface area (Å²) in [4.78, 5) is 25.9. The molecule has 0 aromatic heterocycles. The molecular weight excluding hydrogens is 168 g/mol. The number of aliphatic imine (C=N–C) groups is 1. The highest BCUT2D eigenvalue weighted by molar-refractivity contribution is 6.07. The Morgan fingerprint density at radius 3 is 2.92 bits per heavy atom. The molecule has 1 N–H and O–H groups in total. The van der Waals surface area contributed by atoms with Gasteiger partial charge in [0.15, 0.2) is 0 Å². The van der Waals surface area contributed by atoms with Crippen LogP contribution in [0.3, 0.4) is 0 Å². The fourth-order valence-electron chi connectivity index (χ4n) is 0.959. The Kier molecular flexibility index (Phi) is 2.95. The molecule has 0 fully saturated rings. The third-order valence-electron chi connectivity index (χ3n) is 1.72. The van der Waals surface area contributed by atoms with E-state index >= 15 is 0 Å². The quantitative estimate of drug-likeness (QED) is 0.682. The van der Waals surface area contributed by atoms with Crippen molar-refractivity contribution in [2.24, 2.45) is 4.99 Å². The van der Waals surface area contributed by atoms with Crippen molar-refractivity contribution in [3.8, 4) is 0 Å². The summed E-state index contributed by atoms with van der Waals surface area (Å²) >= 11 is 0. The molecule has 4 nitrogen and oxygen atoms in total. The standard InChI is InChI=1S/C9H12N2O2/c1-3-8(12)11-7-5-4-6(2)10-9(7)13/h5H,3-4H2,1-2H3,(H,11,12). The van der Waals surface area contributed by atoms with E-state index in [2.05, 4.69) is 10.3 Å². The average Bonchev–Trinajstić information content (AvgIpc) is 2.09. The SMILES string of the molecule is CCC(=O)NC1=CCC(C)=NC1=O. The molecule has 0 bridgehead atoms. The Hall–Kier alpha value is -1.45. The molecule has 0 radical (unpaired) electrons. The highest BCUT2D eigenvalue weighted by Gasteiger charge is 2.14. The maximum absolute atomic E-state index is 11.2. The van der Waals surface area contributed by atoms with Gasteiger partial charge in [0.1, 0.15) is 5.70 Å². The summed E-state index contributed by atoms with van der Waals surface area (Å²) < 4.78 is 0. The fourth-order valence-corrected chi connectivity index (χ4v) is 0.959. The first-order chi connectivity index (χ1) is 6.13. The molecule has 4 heteroatoms. The van der Waals surface area contributed by atoms with Gasteiger partial charge in [0, 0.05) is 18.6 Å². The topological polar surface area (TPSA) is 58.5 Å². The fraction of sp³-hybridized carbons (Fsp3) is 0.444. The van der Waals surface area contributed by atoms with E-state index in [1.165, 1.54) is 0 Å². The molecule has 0 aromatic rings. The maximum atomic E-state index is 11.2. The second kappa shape index (κ2) is 3.98. The summed E-state index contributed by atoms with van der Waals surface area (Å²) in [6.45, 7) is 3.52. The van der Waals surface area contributed by atoms with E-state index in [0.717, 1.165) is 5.71 Å². The second-order valence-corrected chi connectivity index (χ2v) is 2.88. The lowest BCUT2D eigenvalue weighted by atomic mass is 10.2. The van der Waals surface area contributed by atoms with Gasteiger partial charge >= 0.3 is 0 Å². The summed E-state index contributed by atoms with van der Waals surface area (Å²) in [6, 6.07) is 0. The molecule has 0 saturated carbocycles. The minimum Gasteiger partial charge on any atom is -0.322 e. The van der Waals surface area contributed by atoms with Gasteiger partial charge < -0.3 is 5.32 Å². The number of nitrogens with zero attached hydrogens (tertiary/aromatic N) is 1. The monoisotopic (exact) mass is 180 g/mol. The summed E-state index contributed by atoms with van der Waals surface area (Å²) in [5.41, 5.74) is 1.08. The van der Waals surface area contributed by atoms with Crippen LogP contribution in [0.15, 0.2) is 16.8 Å². The van der Waals surface area contributed by atoms with Crippen LogP contribution in [-0.4, -0.2) is 17.5 Å². The number of amides is 2. The van der Waals surface area contributed by atoms with Crippen LogP contribution in [-0.2, 0) is 9.59 Å². The smallest absolute Gasteiger partial charge is 0.293 e. The number of dihydropyridines is 1. The van der Waals surface area contributed by atoms with E-state index in [-0.39, 0.29) is 11.8 Å². The van der Waals surface area contributed by atoms with Gasteiger partial charge in [0.25, 0.3) is 5.91 Å². The van der Waals surface area contributed by atoms with Crippen LogP contribution in [0, 0.1) is 0 Å². The minimum absolute atomic E-state index is 0.158. The minimum atomic E-state index is -0.356. The lowest BCUT2D eigenvalue weighted by Gasteiger charge is -2.09. The van der Waals surface area contributed by atoms with Crippen molar-refractivity contribution >= 4 is 17.5 Å². The van der Waals surface area contributed by atoms with E-state index in [1.54, 1.807) is 19.9 Å². The highest BCUT2D eigenvalue weighted by atomic mass is 16.2. The number of nitrogens with one attached hydrogen (secondary N) is 1. The van der Waals surface area contributed by atoms with Crippen LogP contribution < -0.4 is 5.32 Å². The molecule has 1 heterocycles. The van der Waals surface area contributed by atoms with E-state index in [0.29, 0.717) is 18.5 Å². The molecule has 0 unspecified atom stereocenters. The van der Waals surface area contributed by atoms with Crippen molar-refractivity contribution in [1.29, 1.82) is 0 Å². The Morgan fingerprint density at radius 2 is 2.38 bits per heavy atom. The molecule has 0 aromatic carbocycles.